The summed E-state index contributed by atoms with van der Waals surface area (Å²) in [5.41, 5.74) is 7.62. The van der Waals surface area contributed by atoms with Crippen molar-refractivity contribution in [3.63, 3.8) is 0 Å². The van der Waals surface area contributed by atoms with Crippen molar-refractivity contribution in [3.8, 4) is 0 Å². The van der Waals surface area contributed by atoms with Gasteiger partial charge < -0.3 is 10.8 Å². The fourth-order valence-electron chi connectivity index (χ4n) is 2.10. The van der Waals surface area contributed by atoms with Crippen LogP contribution in [0.1, 0.15) is 31.2 Å². The van der Waals surface area contributed by atoms with Gasteiger partial charge in [-0.05, 0) is 53.7 Å². The third kappa shape index (κ3) is 3.56. The van der Waals surface area contributed by atoms with Crippen molar-refractivity contribution in [2.24, 2.45) is 4.99 Å². The number of halogens is 2. The van der Waals surface area contributed by atoms with Crippen molar-refractivity contribution in [1.29, 1.82) is 0 Å². The van der Waals surface area contributed by atoms with Gasteiger partial charge in [0.25, 0.3) is 0 Å². The average Bonchev–Trinajstić information content (AvgIpc) is 2.34. The first-order chi connectivity index (χ1) is 8.56. The molecule has 18 heavy (non-hydrogen) atoms. The zero-order valence-electron chi connectivity index (χ0n) is 9.94. The summed E-state index contributed by atoms with van der Waals surface area (Å²) in [6, 6.07) is 4.19. The van der Waals surface area contributed by atoms with E-state index in [1.54, 1.807) is 0 Å². The molecule has 1 fully saturated rings. The second-order valence-electron chi connectivity index (χ2n) is 4.63. The second-order valence-corrected chi connectivity index (χ2v) is 6.40. The van der Waals surface area contributed by atoms with E-state index in [0.29, 0.717) is 11.7 Å². The zero-order valence-corrected chi connectivity index (χ0v) is 13.1. The average molecular weight is 388 g/mol. The minimum Gasteiger partial charge on any atom is -0.397 e. The van der Waals surface area contributed by atoms with Crippen LogP contribution in [0.25, 0.3) is 0 Å². The Kier molecular flexibility index (Phi) is 4.81. The highest BCUT2D eigenvalue weighted by Crippen LogP contribution is 2.28. The number of benzene rings is 1. The molecule has 1 aliphatic rings. The minimum absolute atomic E-state index is 0.137. The van der Waals surface area contributed by atoms with Crippen LogP contribution in [-0.2, 0) is 0 Å². The molecule has 0 amide bonds. The summed E-state index contributed by atoms with van der Waals surface area (Å²) in [6.45, 7) is 0. The lowest BCUT2D eigenvalue weighted by atomic mass is 10.2. The van der Waals surface area contributed by atoms with Crippen LogP contribution in [-0.4, -0.2) is 23.5 Å². The van der Waals surface area contributed by atoms with Crippen molar-refractivity contribution in [2.75, 3.05) is 5.73 Å². The summed E-state index contributed by atoms with van der Waals surface area (Å²) in [5, 5.41) is 9.44. The van der Waals surface area contributed by atoms with Crippen LogP contribution >= 0.6 is 31.9 Å². The normalized spacial score (nSPS) is 24.6. The van der Waals surface area contributed by atoms with E-state index < -0.39 is 0 Å². The monoisotopic (exact) mass is 386 g/mol. The van der Waals surface area contributed by atoms with Gasteiger partial charge in [-0.15, -0.1) is 0 Å². The molecule has 1 aliphatic carbocycles. The summed E-state index contributed by atoms with van der Waals surface area (Å²) in [4.78, 5) is 4.57. The molecule has 3 N–H and O–H groups in total. The molecule has 2 rings (SSSR count). The molecule has 0 atom stereocenters. The van der Waals surface area contributed by atoms with Gasteiger partial charge in [-0.1, -0.05) is 15.9 Å². The van der Waals surface area contributed by atoms with Crippen molar-refractivity contribution in [3.05, 3.63) is 26.6 Å². The standard InChI is InChI=1S/C13H16Br2N2O/c14-9-5-8(13(16)12(15)6-9)7-17-10-1-3-11(18)4-2-10/h5-7,10-11,18H,1-4,16H2/i1+2,2+2,3+2,4+2,10+2,11+2. The Hall–Kier alpha value is -0.390. The largest absolute Gasteiger partial charge is 0.397 e. The van der Waals surface area contributed by atoms with Crippen LogP contribution in [0.3, 0.4) is 0 Å². The van der Waals surface area contributed by atoms with Crippen LogP contribution in [0.15, 0.2) is 26.1 Å². The van der Waals surface area contributed by atoms with Crippen LogP contribution < -0.4 is 5.73 Å². The van der Waals surface area contributed by atoms with Crippen LogP contribution in [0.4, 0.5) is 5.69 Å². The molecule has 3 nitrogen and oxygen atoms in total. The van der Waals surface area contributed by atoms with Gasteiger partial charge in [0.1, 0.15) is 0 Å². The lowest BCUT2D eigenvalue weighted by molar-refractivity contribution is 0.123. The molecule has 0 aliphatic heterocycles. The summed E-state index contributed by atoms with van der Waals surface area (Å²) >= 11 is 6.86. The van der Waals surface area contributed by atoms with Gasteiger partial charge in [0.05, 0.1) is 17.8 Å². The van der Waals surface area contributed by atoms with Gasteiger partial charge in [0, 0.05) is 20.7 Å². The number of aliphatic imine (C=N–C) groups is 1. The molecular formula is C13H16Br2N2O. The maximum atomic E-state index is 9.44. The molecule has 1 aromatic carbocycles. The van der Waals surface area contributed by atoms with Gasteiger partial charge in [-0.25, -0.2) is 0 Å². The smallest absolute Gasteiger partial charge is 0.0548 e. The Morgan fingerprint density at radius 2 is 1.89 bits per heavy atom. The Labute approximate surface area is 124 Å². The number of anilines is 1. The van der Waals surface area contributed by atoms with Crippen molar-refractivity contribution >= 4 is 43.8 Å². The first kappa shape index (κ1) is 14.0. The van der Waals surface area contributed by atoms with Gasteiger partial charge in [0.15, 0.2) is 0 Å². The van der Waals surface area contributed by atoms with Gasteiger partial charge in [-0.3, -0.25) is 4.99 Å². The quantitative estimate of drug-likeness (QED) is 0.602. The molecule has 98 valence electrons. The van der Waals surface area contributed by atoms with E-state index in [0.717, 1.165) is 40.2 Å². The Morgan fingerprint density at radius 3 is 2.56 bits per heavy atom. The SMILES string of the molecule is Nc1c(Br)cc(Br)cc1C=N[14CH]1[14CH2][14CH2][14CH](O)[14CH2][14CH2]1. The van der Waals surface area contributed by atoms with E-state index in [-0.39, 0.29) is 6.10 Å². The molecular weight excluding hydrogens is 372 g/mol. The summed E-state index contributed by atoms with van der Waals surface area (Å²) < 4.78 is 1.85. The van der Waals surface area contributed by atoms with Gasteiger partial charge in [0.2, 0.25) is 0 Å². The molecule has 0 heterocycles. The molecule has 0 radical (unpaired) electrons. The van der Waals surface area contributed by atoms with Crippen LogP contribution in [0.2, 0.25) is 0 Å². The first-order valence-corrected chi connectivity index (χ1v) is 7.60. The van der Waals surface area contributed by atoms with E-state index in [4.69, 9.17) is 5.73 Å². The maximum Gasteiger partial charge on any atom is 0.0548 e. The summed E-state index contributed by atoms with van der Waals surface area (Å²) in [6.07, 6.45) is 5.30. The Balaban J connectivity index is 2.09. The predicted molar refractivity (Wildman–Crippen MR) is 82.1 cm³/mol. The zero-order chi connectivity index (χ0) is 13.1. The number of nitrogens with two attached hydrogens (primary N) is 1. The number of hydrogen-bond acceptors (Lipinski definition) is 3. The number of hydrogen-bond donors (Lipinski definition) is 2. The van der Waals surface area contributed by atoms with E-state index in [9.17, 15) is 5.11 Å². The van der Waals surface area contributed by atoms with E-state index in [2.05, 4.69) is 36.9 Å². The molecule has 1 saturated carbocycles. The molecule has 0 bridgehead atoms. The van der Waals surface area contributed by atoms with E-state index in [1.165, 1.54) is 0 Å². The number of nitrogens with zero attached hydrogens (tertiary/aromatic N) is 1. The first-order valence-electron chi connectivity index (χ1n) is 6.02. The van der Waals surface area contributed by atoms with E-state index >= 15 is 0 Å². The fraction of sp³-hybridized carbons (Fsp3) is 0.462. The van der Waals surface area contributed by atoms with Crippen molar-refractivity contribution < 1.29 is 5.11 Å². The van der Waals surface area contributed by atoms with Crippen LogP contribution in [0, 0.1) is 0 Å². The van der Waals surface area contributed by atoms with Crippen molar-refractivity contribution in [2.45, 2.75) is 37.8 Å². The Morgan fingerprint density at radius 1 is 1.22 bits per heavy atom. The molecule has 0 aromatic heterocycles. The van der Waals surface area contributed by atoms with Gasteiger partial charge >= 0.3 is 0 Å². The number of aliphatic hydroxyl groups is 1. The third-order valence-corrected chi connectivity index (χ3v) is 4.33. The fourth-order valence-corrected chi connectivity index (χ4v) is 3.36. The Bertz CT molecular complexity index is 455. The summed E-state index contributed by atoms with van der Waals surface area (Å²) in [7, 11) is 0. The van der Waals surface area contributed by atoms with Crippen LogP contribution in [0.5, 0.6) is 0 Å². The minimum atomic E-state index is -0.137. The topological polar surface area (TPSA) is 58.6 Å². The molecule has 5 heteroatoms. The molecule has 1 aromatic rings. The molecule has 0 saturated heterocycles. The highest BCUT2D eigenvalue weighted by molar-refractivity contribution is 9.11. The number of rotatable bonds is 2. The predicted octanol–water partition coefficient (Wildman–Crippen LogP) is 3.52. The lowest BCUT2D eigenvalue weighted by Crippen LogP contribution is -2.20. The summed E-state index contributed by atoms with van der Waals surface area (Å²) in [5.74, 6) is 0. The highest BCUT2D eigenvalue weighted by atomic mass is 79.9. The number of nitrogen functional groups attached to an aromatic ring is 1. The van der Waals surface area contributed by atoms with Crippen molar-refractivity contribution in [1.82, 2.24) is 0 Å². The number of aliphatic hydroxyl groups excluding tert-OH is 1. The highest BCUT2D eigenvalue weighted by Gasteiger charge is 2.18. The molecule has 0 spiro atoms. The third-order valence-electron chi connectivity index (χ3n) is 3.22. The second kappa shape index (κ2) is 6.17. The van der Waals surface area contributed by atoms with Gasteiger partial charge in [-0.2, -0.15) is 0 Å². The lowest BCUT2D eigenvalue weighted by Gasteiger charge is -2.22. The maximum absolute atomic E-state index is 9.44. The van der Waals surface area contributed by atoms with E-state index in [1.807, 2.05) is 18.3 Å². The molecule has 0 unspecified atom stereocenters.